The summed E-state index contributed by atoms with van der Waals surface area (Å²) < 4.78 is 13.6. The average Bonchev–Trinajstić information content (AvgIpc) is 2.62. The first-order chi connectivity index (χ1) is 10.1. The Labute approximate surface area is 125 Å². The second-order valence-corrected chi connectivity index (χ2v) is 6.02. The molecule has 2 aromatic carbocycles. The van der Waals surface area contributed by atoms with Gasteiger partial charge >= 0.3 is 0 Å². The molecule has 1 aliphatic rings. The molecule has 0 aliphatic heterocycles. The van der Waals surface area contributed by atoms with E-state index in [0.717, 1.165) is 31.2 Å². The van der Waals surface area contributed by atoms with Gasteiger partial charge in [-0.3, -0.25) is 0 Å². The van der Waals surface area contributed by atoms with Crippen LogP contribution >= 0.6 is 0 Å². The molecule has 1 N–H and O–H groups in total. The van der Waals surface area contributed by atoms with Crippen LogP contribution in [-0.4, -0.2) is 11.2 Å². The SMILES string of the molecule is CC(O)CCC1c2ccccc2CCc2cc(F)ccc21. The van der Waals surface area contributed by atoms with Gasteiger partial charge in [0, 0.05) is 5.92 Å². The van der Waals surface area contributed by atoms with Crippen LogP contribution in [0.2, 0.25) is 0 Å². The summed E-state index contributed by atoms with van der Waals surface area (Å²) in [6, 6.07) is 13.7. The van der Waals surface area contributed by atoms with Crippen LogP contribution in [0, 0.1) is 5.82 Å². The van der Waals surface area contributed by atoms with E-state index >= 15 is 0 Å². The van der Waals surface area contributed by atoms with Gasteiger partial charge in [0.25, 0.3) is 0 Å². The van der Waals surface area contributed by atoms with Crippen molar-refractivity contribution in [2.75, 3.05) is 0 Å². The normalized spacial score (nSPS) is 18.5. The smallest absolute Gasteiger partial charge is 0.123 e. The minimum absolute atomic E-state index is 0.158. The van der Waals surface area contributed by atoms with Gasteiger partial charge < -0.3 is 5.11 Å². The van der Waals surface area contributed by atoms with E-state index in [-0.39, 0.29) is 17.8 Å². The van der Waals surface area contributed by atoms with Crippen LogP contribution in [0.15, 0.2) is 42.5 Å². The quantitative estimate of drug-likeness (QED) is 0.895. The second kappa shape index (κ2) is 5.98. The maximum atomic E-state index is 13.6. The average molecular weight is 284 g/mol. The van der Waals surface area contributed by atoms with Gasteiger partial charge in [-0.15, -0.1) is 0 Å². The summed E-state index contributed by atoms with van der Waals surface area (Å²) in [7, 11) is 0. The van der Waals surface area contributed by atoms with E-state index in [1.54, 1.807) is 12.1 Å². The zero-order chi connectivity index (χ0) is 14.8. The molecule has 1 nitrogen and oxygen atoms in total. The van der Waals surface area contributed by atoms with Crippen LogP contribution in [-0.2, 0) is 12.8 Å². The van der Waals surface area contributed by atoms with E-state index in [2.05, 4.69) is 24.3 Å². The van der Waals surface area contributed by atoms with Crippen molar-refractivity contribution in [1.29, 1.82) is 0 Å². The molecule has 2 aromatic rings. The fourth-order valence-corrected chi connectivity index (χ4v) is 3.39. The molecule has 0 aromatic heterocycles. The summed E-state index contributed by atoms with van der Waals surface area (Å²) in [5, 5.41) is 9.63. The van der Waals surface area contributed by atoms with Gasteiger partial charge in [-0.25, -0.2) is 4.39 Å². The minimum Gasteiger partial charge on any atom is -0.393 e. The van der Waals surface area contributed by atoms with Crippen LogP contribution in [0.4, 0.5) is 4.39 Å². The summed E-state index contributed by atoms with van der Waals surface area (Å²) in [6.07, 6.45) is 3.19. The van der Waals surface area contributed by atoms with Gasteiger partial charge in [0.05, 0.1) is 6.10 Å². The predicted molar refractivity (Wildman–Crippen MR) is 83.0 cm³/mol. The van der Waals surface area contributed by atoms with Crippen LogP contribution < -0.4 is 0 Å². The third-order valence-electron chi connectivity index (χ3n) is 4.45. The Morgan fingerprint density at radius 1 is 1.10 bits per heavy atom. The number of fused-ring (bicyclic) bond motifs is 2. The number of aryl methyl sites for hydroxylation is 2. The Kier molecular flexibility index (Phi) is 4.07. The lowest BCUT2D eigenvalue weighted by atomic mass is 9.84. The third kappa shape index (κ3) is 3.01. The van der Waals surface area contributed by atoms with Crippen LogP contribution in [0.1, 0.15) is 47.9 Å². The van der Waals surface area contributed by atoms with Gasteiger partial charge in [-0.1, -0.05) is 30.3 Å². The molecule has 2 unspecified atom stereocenters. The molecule has 2 atom stereocenters. The molecule has 1 aliphatic carbocycles. The highest BCUT2D eigenvalue weighted by Gasteiger charge is 2.23. The molecule has 2 heteroatoms. The van der Waals surface area contributed by atoms with Crippen molar-refractivity contribution in [3.8, 4) is 0 Å². The molecule has 0 spiro atoms. The number of hydrogen-bond acceptors (Lipinski definition) is 1. The van der Waals surface area contributed by atoms with Gasteiger partial charge in [0.2, 0.25) is 0 Å². The Morgan fingerprint density at radius 3 is 2.62 bits per heavy atom. The molecular weight excluding hydrogens is 263 g/mol. The van der Waals surface area contributed by atoms with E-state index in [1.807, 2.05) is 13.0 Å². The van der Waals surface area contributed by atoms with E-state index in [0.29, 0.717) is 0 Å². The van der Waals surface area contributed by atoms with Crippen LogP contribution in [0.25, 0.3) is 0 Å². The minimum atomic E-state index is -0.302. The largest absolute Gasteiger partial charge is 0.393 e. The zero-order valence-corrected chi connectivity index (χ0v) is 12.3. The Balaban J connectivity index is 2.06. The highest BCUT2D eigenvalue weighted by atomic mass is 19.1. The maximum Gasteiger partial charge on any atom is 0.123 e. The molecule has 0 saturated heterocycles. The first-order valence-corrected chi connectivity index (χ1v) is 7.69. The van der Waals surface area contributed by atoms with Gasteiger partial charge in [0.1, 0.15) is 5.82 Å². The Bertz CT molecular complexity index is 633. The molecule has 0 radical (unpaired) electrons. The summed E-state index contributed by atoms with van der Waals surface area (Å²) in [5.41, 5.74) is 5.03. The van der Waals surface area contributed by atoms with Gasteiger partial charge in [0.15, 0.2) is 0 Å². The lowest BCUT2D eigenvalue weighted by molar-refractivity contribution is 0.180. The molecule has 110 valence electrons. The lowest BCUT2D eigenvalue weighted by Gasteiger charge is -2.21. The lowest BCUT2D eigenvalue weighted by Crippen LogP contribution is -2.08. The topological polar surface area (TPSA) is 20.2 Å². The number of rotatable bonds is 3. The highest BCUT2D eigenvalue weighted by Crippen LogP contribution is 2.37. The molecule has 0 fully saturated rings. The number of aliphatic hydroxyl groups is 1. The van der Waals surface area contributed by atoms with Crippen molar-refractivity contribution in [2.45, 2.75) is 44.6 Å². The fourth-order valence-electron chi connectivity index (χ4n) is 3.39. The van der Waals surface area contributed by atoms with Crippen molar-refractivity contribution >= 4 is 0 Å². The number of hydrogen-bond donors (Lipinski definition) is 1. The van der Waals surface area contributed by atoms with E-state index in [9.17, 15) is 9.50 Å². The number of aliphatic hydroxyl groups excluding tert-OH is 1. The summed E-state index contributed by atoms with van der Waals surface area (Å²) >= 11 is 0. The van der Waals surface area contributed by atoms with E-state index in [4.69, 9.17) is 0 Å². The Hall–Kier alpha value is -1.67. The van der Waals surface area contributed by atoms with Crippen molar-refractivity contribution in [1.82, 2.24) is 0 Å². The van der Waals surface area contributed by atoms with Gasteiger partial charge in [-0.2, -0.15) is 0 Å². The summed E-state index contributed by atoms with van der Waals surface area (Å²) in [5.74, 6) is 0.0999. The molecule has 0 heterocycles. The summed E-state index contributed by atoms with van der Waals surface area (Å²) in [4.78, 5) is 0. The second-order valence-electron chi connectivity index (χ2n) is 6.02. The Morgan fingerprint density at radius 2 is 1.81 bits per heavy atom. The predicted octanol–water partition coefficient (Wildman–Crippen LogP) is 4.22. The highest BCUT2D eigenvalue weighted by molar-refractivity contribution is 5.45. The van der Waals surface area contributed by atoms with Crippen molar-refractivity contribution in [3.05, 3.63) is 70.5 Å². The molecule has 3 rings (SSSR count). The monoisotopic (exact) mass is 284 g/mol. The first kappa shape index (κ1) is 14.3. The zero-order valence-electron chi connectivity index (χ0n) is 12.3. The summed E-state index contributed by atoms with van der Waals surface area (Å²) in [6.45, 7) is 1.83. The van der Waals surface area contributed by atoms with Crippen LogP contribution in [0.3, 0.4) is 0 Å². The number of benzene rings is 2. The van der Waals surface area contributed by atoms with Crippen molar-refractivity contribution < 1.29 is 9.50 Å². The van der Waals surface area contributed by atoms with Gasteiger partial charge in [-0.05, 0) is 67.0 Å². The van der Waals surface area contributed by atoms with Crippen molar-refractivity contribution in [2.24, 2.45) is 0 Å². The molecule has 0 bridgehead atoms. The van der Waals surface area contributed by atoms with Crippen LogP contribution in [0.5, 0.6) is 0 Å². The first-order valence-electron chi connectivity index (χ1n) is 7.69. The van der Waals surface area contributed by atoms with Crippen molar-refractivity contribution in [3.63, 3.8) is 0 Å². The molecule has 0 saturated carbocycles. The van der Waals surface area contributed by atoms with E-state index in [1.165, 1.54) is 16.7 Å². The molecule has 21 heavy (non-hydrogen) atoms. The maximum absolute atomic E-state index is 13.6. The third-order valence-corrected chi connectivity index (χ3v) is 4.45. The standard InChI is InChI=1S/C19H21FO/c1-13(21)6-10-19-17-5-3-2-4-14(17)7-8-15-12-16(20)9-11-18(15)19/h2-5,9,11-13,19,21H,6-8,10H2,1H3. The number of halogens is 1. The molecule has 0 amide bonds. The fraction of sp³-hybridized carbons (Fsp3) is 0.368. The van der Waals surface area contributed by atoms with E-state index < -0.39 is 0 Å². The molecular formula is C19H21FO.